The maximum absolute atomic E-state index is 14.7. The Balaban J connectivity index is 2.29. The summed E-state index contributed by atoms with van der Waals surface area (Å²) in [5, 5.41) is 9.09. The van der Waals surface area contributed by atoms with E-state index in [9.17, 15) is 36.6 Å². The highest BCUT2D eigenvalue weighted by Gasteiger charge is 2.37. The molecule has 1 atom stereocenters. The van der Waals surface area contributed by atoms with Gasteiger partial charge in [-0.3, -0.25) is 9.78 Å². The Morgan fingerprint density at radius 3 is 2.47 bits per heavy atom. The van der Waals surface area contributed by atoms with Crippen LogP contribution >= 0.6 is 11.8 Å². The quantitative estimate of drug-likeness (QED) is 0.234. The topological polar surface area (TPSA) is 104 Å². The molecular formula is C21H19F5N2O5S. The fraction of sp³-hybridized carbons (Fsp3) is 0.333. The molecule has 0 spiro atoms. The molecule has 3 aromatic rings. The molecule has 0 aliphatic carbocycles. The average molecular weight is 506 g/mol. The molecule has 3 N–H and O–H groups in total. The van der Waals surface area contributed by atoms with Crippen LogP contribution in [0.3, 0.4) is 0 Å². The van der Waals surface area contributed by atoms with Crippen LogP contribution in [0.4, 0.5) is 22.0 Å². The Bertz CT molecular complexity index is 1290. The van der Waals surface area contributed by atoms with E-state index in [0.29, 0.717) is 23.9 Å². The predicted molar refractivity (Wildman–Crippen MR) is 115 cm³/mol. The van der Waals surface area contributed by atoms with Gasteiger partial charge in [-0.05, 0) is 18.2 Å². The number of H-pyrrole nitrogens is 2. The maximum Gasteiger partial charge on any atom is 0.417 e. The third kappa shape index (κ3) is 5.66. The lowest BCUT2D eigenvalue weighted by molar-refractivity contribution is -0.137. The monoisotopic (exact) mass is 506 g/mol. The molecule has 34 heavy (non-hydrogen) atoms. The van der Waals surface area contributed by atoms with E-state index in [1.165, 1.54) is 7.11 Å². The van der Waals surface area contributed by atoms with Crippen molar-refractivity contribution in [3.05, 3.63) is 62.3 Å². The minimum absolute atomic E-state index is 0.0849. The van der Waals surface area contributed by atoms with Crippen molar-refractivity contribution in [3.63, 3.8) is 0 Å². The molecule has 0 saturated carbocycles. The van der Waals surface area contributed by atoms with E-state index in [1.807, 2.05) is 4.98 Å². The number of aromatic amines is 2. The summed E-state index contributed by atoms with van der Waals surface area (Å²) in [5.74, 6) is -2.39. The van der Waals surface area contributed by atoms with Crippen molar-refractivity contribution >= 4 is 22.7 Å². The van der Waals surface area contributed by atoms with Gasteiger partial charge in [-0.25, -0.2) is 13.6 Å². The van der Waals surface area contributed by atoms with Gasteiger partial charge in [0.2, 0.25) is 0 Å². The van der Waals surface area contributed by atoms with Gasteiger partial charge in [0.25, 0.3) is 5.56 Å². The third-order valence-corrected chi connectivity index (χ3v) is 5.99. The first-order valence-corrected chi connectivity index (χ1v) is 10.8. The predicted octanol–water partition coefficient (Wildman–Crippen LogP) is 3.30. The Morgan fingerprint density at radius 2 is 1.85 bits per heavy atom. The first-order valence-electron chi connectivity index (χ1n) is 9.77. The van der Waals surface area contributed by atoms with Crippen LogP contribution in [-0.4, -0.2) is 53.9 Å². The van der Waals surface area contributed by atoms with Crippen LogP contribution in [0.5, 0.6) is 0 Å². The van der Waals surface area contributed by atoms with Gasteiger partial charge in [-0.15, -0.1) is 11.8 Å². The summed E-state index contributed by atoms with van der Waals surface area (Å²) in [6.45, 7) is -0.213. The molecule has 0 fully saturated rings. The molecule has 13 heteroatoms. The average Bonchev–Trinajstić information content (AvgIpc) is 2.75. The van der Waals surface area contributed by atoms with Crippen molar-refractivity contribution in [2.24, 2.45) is 0 Å². The van der Waals surface area contributed by atoms with E-state index in [1.54, 1.807) is 0 Å². The minimum Gasteiger partial charge on any atom is -0.394 e. The molecule has 3 rings (SSSR count). The molecule has 1 heterocycles. The van der Waals surface area contributed by atoms with Crippen molar-refractivity contribution in [1.29, 1.82) is 0 Å². The van der Waals surface area contributed by atoms with Crippen molar-refractivity contribution in [2.75, 3.05) is 32.7 Å². The number of ether oxygens (including phenoxy) is 2. The van der Waals surface area contributed by atoms with Gasteiger partial charge >= 0.3 is 11.9 Å². The van der Waals surface area contributed by atoms with Crippen LogP contribution in [0.25, 0.3) is 22.0 Å². The summed E-state index contributed by atoms with van der Waals surface area (Å²) in [6.07, 6.45) is -5.89. The zero-order valence-corrected chi connectivity index (χ0v) is 18.4. The lowest BCUT2D eigenvalue weighted by Gasteiger charge is -2.21. The number of rotatable bonds is 9. The highest BCUT2D eigenvalue weighted by molar-refractivity contribution is 7.99. The minimum atomic E-state index is -5.03. The summed E-state index contributed by atoms with van der Waals surface area (Å²) in [6, 6.07) is 2.57. The molecule has 0 amide bonds. The number of halogens is 5. The molecule has 0 bridgehead atoms. The smallest absolute Gasteiger partial charge is 0.394 e. The van der Waals surface area contributed by atoms with Gasteiger partial charge in [0, 0.05) is 35.0 Å². The summed E-state index contributed by atoms with van der Waals surface area (Å²) < 4.78 is 80.6. The number of nitrogens with one attached hydrogen (secondary N) is 2. The number of aromatic nitrogens is 2. The molecule has 1 aromatic heterocycles. The fourth-order valence-corrected chi connectivity index (χ4v) is 4.46. The van der Waals surface area contributed by atoms with Crippen LogP contribution in [0.1, 0.15) is 5.56 Å². The normalized spacial score (nSPS) is 12.9. The molecule has 0 saturated heterocycles. The van der Waals surface area contributed by atoms with E-state index in [4.69, 9.17) is 9.47 Å². The van der Waals surface area contributed by atoms with E-state index >= 15 is 0 Å². The molecule has 184 valence electrons. The first-order chi connectivity index (χ1) is 16.1. The number of aliphatic hydroxyl groups excluding tert-OH is 1. The number of fused-ring (bicyclic) bond motifs is 1. The van der Waals surface area contributed by atoms with Crippen LogP contribution < -0.4 is 11.2 Å². The van der Waals surface area contributed by atoms with Crippen LogP contribution in [0.2, 0.25) is 0 Å². The highest BCUT2D eigenvalue weighted by Crippen LogP contribution is 2.45. The lowest BCUT2D eigenvalue weighted by atomic mass is 9.96. The van der Waals surface area contributed by atoms with Gasteiger partial charge in [0.05, 0.1) is 42.4 Å². The van der Waals surface area contributed by atoms with Gasteiger partial charge in [-0.2, -0.15) is 13.2 Å². The highest BCUT2D eigenvalue weighted by atomic mass is 32.2. The fourth-order valence-electron chi connectivity index (χ4n) is 3.23. The molecule has 7 nitrogen and oxygen atoms in total. The first kappa shape index (κ1) is 25.9. The van der Waals surface area contributed by atoms with Crippen molar-refractivity contribution in [3.8, 4) is 11.1 Å². The second-order valence-electron chi connectivity index (χ2n) is 7.06. The van der Waals surface area contributed by atoms with Gasteiger partial charge in [0.15, 0.2) is 0 Å². The van der Waals surface area contributed by atoms with Crippen molar-refractivity contribution < 1.29 is 36.5 Å². The van der Waals surface area contributed by atoms with E-state index in [0.717, 1.165) is 12.1 Å². The standard InChI is InChI=1S/C21H19F5N2O5S/c1-32-4-5-33-11(8-29)9-34-18-16(12-3-2-10(22)6-15(12)23)14(21(24,25)26)7-13-17(18)27-20(31)28-19(13)30/h2-3,6-7,11,29H,4-5,8-9H2,1H3,(H2,27,28,30,31)/t11-/m1/s1. The van der Waals surface area contributed by atoms with E-state index < -0.39 is 63.8 Å². The number of hydrogen-bond acceptors (Lipinski definition) is 6. The summed E-state index contributed by atoms with van der Waals surface area (Å²) in [5.41, 5.74) is -4.95. The van der Waals surface area contributed by atoms with Crippen LogP contribution in [-0.2, 0) is 15.7 Å². The Kier molecular flexibility index (Phi) is 8.13. The molecule has 0 radical (unpaired) electrons. The summed E-state index contributed by atoms with van der Waals surface area (Å²) in [7, 11) is 1.43. The van der Waals surface area contributed by atoms with Gasteiger partial charge < -0.3 is 19.6 Å². The summed E-state index contributed by atoms with van der Waals surface area (Å²) >= 11 is 0.714. The molecule has 0 aliphatic rings. The number of hydrogen-bond donors (Lipinski definition) is 3. The van der Waals surface area contributed by atoms with E-state index in [-0.39, 0.29) is 29.4 Å². The molecular weight excluding hydrogens is 487 g/mol. The Hall–Kier alpha value is -2.74. The number of benzene rings is 2. The Labute approximate surface area is 192 Å². The molecule has 0 aliphatic heterocycles. The second-order valence-corrected chi connectivity index (χ2v) is 8.09. The number of alkyl halides is 3. The lowest BCUT2D eigenvalue weighted by Crippen LogP contribution is -2.24. The zero-order valence-electron chi connectivity index (χ0n) is 17.6. The Morgan fingerprint density at radius 1 is 1.12 bits per heavy atom. The molecule has 2 aromatic carbocycles. The van der Waals surface area contributed by atoms with Crippen LogP contribution in [0, 0.1) is 11.6 Å². The van der Waals surface area contributed by atoms with Gasteiger partial charge in [-0.1, -0.05) is 0 Å². The zero-order chi connectivity index (χ0) is 25.0. The SMILES string of the molecule is COCCO[C@H](CO)CSc1c(-c2ccc(F)cc2F)c(C(F)(F)F)cc2c(=O)[nH]c(=O)[nH]c12. The van der Waals surface area contributed by atoms with Crippen molar-refractivity contribution in [1.82, 2.24) is 9.97 Å². The maximum atomic E-state index is 14.7. The second kappa shape index (κ2) is 10.7. The molecule has 0 unspecified atom stereocenters. The number of methoxy groups -OCH3 is 1. The van der Waals surface area contributed by atoms with Crippen LogP contribution in [0.15, 0.2) is 38.8 Å². The third-order valence-electron chi connectivity index (χ3n) is 4.76. The van der Waals surface area contributed by atoms with E-state index in [2.05, 4.69) is 4.98 Å². The number of thioether (sulfide) groups is 1. The largest absolute Gasteiger partial charge is 0.417 e. The number of aliphatic hydroxyl groups is 1. The van der Waals surface area contributed by atoms with Gasteiger partial charge in [0.1, 0.15) is 11.6 Å². The van der Waals surface area contributed by atoms with Crippen molar-refractivity contribution in [2.45, 2.75) is 17.2 Å². The summed E-state index contributed by atoms with van der Waals surface area (Å²) in [4.78, 5) is 28.1.